The van der Waals surface area contributed by atoms with Crippen molar-refractivity contribution in [1.29, 1.82) is 0 Å². The van der Waals surface area contributed by atoms with Crippen LogP contribution in [0.4, 0.5) is 23.8 Å². The maximum absolute atomic E-state index is 9.14. The van der Waals surface area contributed by atoms with Crippen molar-refractivity contribution < 1.29 is 20.4 Å². The summed E-state index contributed by atoms with van der Waals surface area (Å²) in [6, 6.07) is 0. The molecule has 2 aromatic heterocycles. The number of nitrogens with zero attached hydrogens (tertiary/aromatic N) is 6. The van der Waals surface area contributed by atoms with Crippen molar-refractivity contribution in [3.63, 3.8) is 0 Å². The molecule has 2 aliphatic carbocycles. The molecule has 0 aromatic carbocycles. The number of nitrogens with one attached hydrogen (secondary N) is 4. The molecule has 35 heavy (non-hydrogen) atoms. The van der Waals surface area contributed by atoms with Crippen molar-refractivity contribution in [1.82, 2.24) is 29.9 Å². The van der Waals surface area contributed by atoms with Gasteiger partial charge in [-0.15, -0.1) is 0 Å². The number of anilines is 4. The molecule has 0 saturated heterocycles. The molecule has 2 saturated carbocycles. The fourth-order valence-corrected chi connectivity index (χ4v) is 5.01. The fourth-order valence-electron chi connectivity index (χ4n) is 5.01. The summed E-state index contributed by atoms with van der Waals surface area (Å²) in [6.45, 7) is 1.19. The number of rotatable bonds is 14. The van der Waals surface area contributed by atoms with E-state index in [4.69, 9.17) is 20.4 Å². The standard InChI is InChI=1S/C21H34N10O4/c32-5-1-22-18-26-16(27-19(30-18)23-2-6-33)14-10-13-9-12(14)11-15(13)17-28-20(24-3-7-34)31-21(29-17)25-4-8-35/h12-15,32-35H,1-11H2,(H2,22,23,26,27,30)(H2,24,25,28,29,31). The summed E-state index contributed by atoms with van der Waals surface area (Å²) in [5.41, 5.74) is 0. The number of aliphatic hydroxyl groups excluding tert-OH is 4. The second kappa shape index (κ2) is 12.2. The zero-order valence-electron chi connectivity index (χ0n) is 19.6. The van der Waals surface area contributed by atoms with Crippen LogP contribution in [-0.2, 0) is 0 Å². The van der Waals surface area contributed by atoms with Gasteiger partial charge in [-0.05, 0) is 31.1 Å². The molecule has 2 heterocycles. The molecule has 8 N–H and O–H groups in total. The first-order valence-electron chi connectivity index (χ1n) is 12.1. The highest BCUT2D eigenvalue weighted by Crippen LogP contribution is 2.58. The van der Waals surface area contributed by atoms with Gasteiger partial charge in [-0.2, -0.15) is 29.9 Å². The molecule has 0 radical (unpaired) electrons. The summed E-state index contributed by atoms with van der Waals surface area (Å²) in [6.07, 6.45) is 2.80. The Kier molecular flexibility index (Phi) is 8.74. The van der Waals surface area contributed by atoms with Gasteiger partial charge in [0.25, 0.3) is 0 Å². The largest absolute Gasteiger partial charge is 0.395 e. The van der Waals surface area contributed by atoms with Crippen LogP contribution in [0, 0.1) is 11.8 Å². The van der Waals surface area contributed by atoms with E-state index in [2.05, 4.69) is 51.2 Å². The van der Waals surface area contributed by atoms with Gasteiger partial charge in [0.15, 0.2) is 0 Å². The molecule has 14 heteroatoms. The quantitative estimate of drug-likeness (QED) is 0.159. The van der Waals surface area contributed by atoms with Crippen LogP contribution in [-0.4, -0.2) is 103 Å². The molecule has 4 atom stereocenters. The summed E-state index contributed by atoms with van der Waals surface area (Å²) in [4.78, 5) is 27.1. The Morgan fingerprint density at radius 1 is 0.486 bits per heavy atom. The minimum Gasteiger partial charge on any atom is -0.395 e. The third kappa shape index (κ3) is 6.20. The summed E-state index contributed by atoms with van der Waals surface area (Å²) in [5, 5.41) is 48.6. The Labute approximate surface area is 203 Å². The second-order valence-electron chi connectivity index (χ2n) is 8.72. The van der Waals surface area contributed by atoms with Gasteiger partial charge in [-0.25, -0.2) is 0 Å². The number of hydrogen-bond donors (Lipinski definition) is 8. The van der Waals surface area contributed by atoms with Gasteiger partial charge in [0.1, 0.15) is 11.6 Å². The van der Waals surface area contributed by atoms with E-state index in [0.29, 0.717) is 73.5 Å². The Morgan fingerprint density at radius 3 is 1.06 bits per heavy atom. The molecule has 2 aliphatic rings. The fraction of sp³-hybridized carbons (Fsp3) is 0.714. The van der Waals surface area contributed by atoms with Gasteiger partial charge >= 0.3 is 0 Å². The summed E-state index contributed by atoms with van der Waals surface area (Å²) < 4.78 is 0. The Balaban J connectivity index is 1.51. The van der Waals surface area contributed by atoms with E-state index < -0.39 is 0 Å². The maximum atomic E-state index is 9.14. The zero-order valence-corrected chi connectivity index (χ0v) is 19.6. The predicted octanol–water partition coefficient (Wildman–Crippen LogP) is -1.03. The number of aliphatic hydroxyl groups is 4. The highest BCUT2D eigenvalue weighted by Gasteiger charge is 2.49. The molecule has 4 unspecified atom stereocenters. The van der Waals surface area contributed by atoms with Crippen molar-refractivity contribution in [3.05, 3.63) is 11.6 Å². The van der Waals surface area contributed by atoms with Gasteiger partial charge in [-0.1, -0.05) is 0 Å². The van der Waals surface area contributed by atoms with Crippen molar-refractivity contribution in [2.24, 2.45) is 11.8 Å². The van der Waals surface area contributed by atoms with Crippen molar-refractivity contribution in [3.8, 4) is 0 Å². The normalized spacial score (nSPS) is 22.9. The van der Waals surface area contributed by atoms with Crippen molar-refractivity contribution in [2.75, 3.05) is 73.9 Å². The van der Waals surface area contributed by atoms with E-state index in [0.717, 1.165) is 19.3 Å². The third-order valence-corrected chi connectivity index (χ3v) is 6.41. The number of aromatic nitrogens is 6. The summed E-state index contributed by atoms with van der Waals surface area (Å²) in [5.74, 6) is 4.10. The molecule has 14 nitrogen and oxygen atoms in total. The van der Waals surface area contributed by atoms with Crippen LogP contribution in [0.3, 0.4) is 0 Å². The van der Waals surface area contributed by atoms with Crippen LogP contribution in [0.15, 0.2) is 0 Å². The van der Waals surface area contributed by atoms with Gasteiger partial charge in [0.05, 0.1) is 26.4 Å². The molecule has 4 rings (SSSR count). The Morgan fingerprint density at radius 2 is 0.800 bits per heavy atom. The van der Waals surface area contributed by atoms with Crippen molar-refractivity contribution in [2.45, 2.75) is 31.1 Å². The average molecular weight is 491 g/mol. The predicted molar refractivity (Wildman–Crippen MR) is 128 cm³/mol. The van der Waals surface area contributed by atoms with E-state index in [9.17, 15) is 0 Å². The maximum Gasteiger partial charge on any atom is 0.227 e. The molecule has 0 spiro atoms. The first-order chi connectivity index (χ1) is 17.1. The van der Waals surface area contributed by atoms with Gasteiger partial charge in [0.2, 0.25) is 23.8 Å². The lowest BCUT2D eigenvalue weighted by molar-refractivity contribution is 0.309. The average Bonchev–Trinajstić information content (AvgIpc) is 3.49. The monoisotopic (exact) mass is 490 g/mol. The SMILES string of the molecule is OCCNc1nc(NCCO)nc(C2CC3CC2CC3c2nc(NCCO)nc(NCCO)n2)n1. The van der Waals surface area contributed by atoms with Gasteiger partial charge in [0, 0.05) is 38.0 Å². The van der Waals surface area contributed by atoms with Crippen LogP contribution in [0.5, 0.6) is 0 Å². The van der Waals surface area contributed by atoms with E-state index in [1.165, 1.54) is 0 Å². The first kappa shape index (κ1) is 25.2. The van der Waals surface area contributed by atoms with E-state index in [-0.39, 0.29) is 38.3 Å². The molecule has 0 aliphatic heterocycles. The van der Waals surface area contributed by atoms with Gasteiger partial charge < -0.3 is 41.7 Å². The van der Waals surface area contributed by atoms with Gasteiger partial charge in [-0.3, -0.25) is 0 Å². The first-order valence-corrected chi connectivity index (χ1v) is 12.1. The Bertz CT molecular complexity index is 840. The molecule has 2 fully saturated rings. The topological polar surface area (TPSA) is 206 Å². The van der Waals surface area contributed by atoms with Crippen LogP contribution in [0.25, 0.3) is 0 Å². The zero-order chi connectivity index (χ0) is 24.6. The minimum absolute atomic E-state index is 0.0353. The lowest BCUT2D eigenvalue weighted by Crippen LogP contribution is -2.22. The summed E-state index contributed by atoms with van der Waals surface area (Å²) in [7, 11) is 0. The van der Waals surface area contributed by atoms with E-state index in [1.54, 1.807) is 0 Å². The highest BCUT2D eigenvalue weighted by atomic mass is 16.3. The number of fused-ring (bicyclic) bond motifs is 2. The lowest BCUT2D eigenvalue weighted by atomic mass is 9.81. The van der Waals surface area contributed by atoms with E-state index in [1.807, 2.05) is 0 Å². The molecule has 0 amide bonds. The molecule has 2 aromatic rings. The lowest BCUT2D eigenvalue weighted by Gasteiger charge is -2.27. The molecular formula is C21H34N10O4. The Hall–Kier alpha value is -2.94. The number of hydrogen-bond acceptors (Lipinski definition) is 14. The highest BCUT2D eigenvalue weighted by molar-refractivity contribution is 5.37. The van der Waals surface area contributed by atoms with Crippen LogP contribution < -0.4 is 21.3 Å². The molecule has 192 valence electrons. The van der Waals surface area contributed by atoms with Crippen LogP contribution in [0.2, 0.25) is 0 Å². The van der Waals surface area contributed by atoms with Crippen LogP contribution in [0.1, 0.15) is 42.7 Å². The van der Waals surface area contributed by atoms with E-state index >= 15 is 0 Å². The molecular weight excluding hydrogens is 456 g/mol. The van der Waals surface area contributed by atoms with Crippen molar-refractivity contribution >= 4 is 23.8 Å². The molecule has 2 bridgehead atoms. The van der Waals surface area contributed by atoms with Crippen LogP contribution >= 0.6 is 0 Å². The summed E-state index contributed by atoms with van der Waals surface area (Å²) >= 11 is 0. The second-order valence-corrected chi connectivity index (χ2v) is 8.72. The minimum atomic E-state index is -0.0353. The smallest absolute Gasteiger partial charge is 0.227 e. The third-order valence-electron chi connectivity index (χ3n) is 6.41.